The molecule has 0 aliphatic carbocycles. The zero-order valence-electron chi connectivity index (χ0n) is 5.94. The minimum Gasteiger partial charge on any atom is -0.477 e. The summed E-state index contributed by atoms with van der Waals surface area (Å²) in [4.78, 5) is 32.8. The Labute approximate surface area is 66.7 Å². The van der Waals surface area contributed by atoms with Crippen molar-refractivity contribution < 1.29 is 24.2 Å². The van der Waals surface area contributed by atoms with Gasteiger partial charge < -0.3 is 9.84 Å². The van der Waals surface area contributed by atoms with Crippen LogP contribution in [-0.2, 0) is 14.3 Å². The molecule has 2 rings (SSSR count). The number of ether oxygens (including phenoxy) is 1. The monoisotopic (exact) mass is 171 g/mol. The molecule has 6 heteroatoms. The third-order valence-corrected chi connectivity index (χ3v) is 2.06. The van der Waals surface area contributed by atoms with Gasteiger partial charge in [-0.3, -0.25) is 4.79 Å². The Hall–Kier alpha value is -1.59. The molecule has 2 fully saturated rings. The molecule has 2 aliphatic rings. The van der Waals surface area contributed by atoms with Crippen molar-refractivity contribution in [1.29, 1.82) is 0 Å². The normalized spacial score (nSPS) is 32.5. The summed E-state index contributed by atoms with van der Waals surface area (Å²) in [6.45, 7) is 0. The van der Waals surface area contributed by atoms with Crippen molar-refractivity contribution in [2.75, 3.05) is 0 Å². The molecule has 2 aliphatic heterocycles. The minimum atomic E-state index is -1.67. The number of amides is 2. The van der Waals surface area contributed by atoms with E-state index in [0.29, 0.717) is 4.90 Å². The number of carboxylic acids is 1. The lowest BCUT2D eigenvalue weighted by atomic mass is 10.1. The van der Waals surface area contributed by atoms with Gasteiger partial charge in [0.25, 0.3) is 5.72 Å². The lowest BCUT2D eigenvalue weighted by molar-refractivity contribution is -0.203. The van der Waals surface area contributed by atoms with Crippen LogP contribution >= 0.6 is 0 Å². The fourth-order valence-electron chi connectivity index (χ4n) is 1.44. The molecule has 0 aromatic heterocycles. The molecule has 0 aromatic carbocycles. The number of nitrogens with zero attached hydrogens (tertiary/aromatic N) is 1. The van der Waals surface area contributed by atoms with E-state index in [4.69, 9.17) is 5.11 Å². The summed E-state index contributed by atoms with van der Waals surface area (Å²) < 4.78 is 4.45. The van der Waals surface area contributed by atoms with Crippen LogP contribution in [0, 0.1) is 0 Å². The first-order chi connectivity index (χ1) is 5.58. The van der Waals surface area contributed by atoms with Crippen LogP contribution in [0.1, 0.15) is 12.8 Å². The van der Waals surface area contributed by atoms with Crippen molar-refractivity contribution in [3.63, 3.8) is 0 Å². The van der Waals surface area contributed by atoms with Crippen molar-refractivity contribution in [2.45, 2.75) is 18.6 Å². The Bertz CT molecular complexity index is 298. The van der Waals surface area contributed by atoms with Gasteiger partial charge in [0, 0.05) is 12.8 Å². The van der Waals surface area contributed by atoms with E-state index in [1.54, 1.807) is 0 Å². The second-order valence-corrected chi connectivity index (χ2v) is 2.69. The van der Waals surface area contributed by atoms with Gasteiger partial charge in [0.05, 0.1) is 0 Å². The fraction of sp³-hybridized carbons (Fsp3) is 0.500. The van der Waals surface area contributed by atoms with Crippen molar-refractivity contribution in [3.05, 3.63) is 0 Å². The summed E-state index contributed by atoms with van der Waals surface area (Å²) >= 11 is 0. The van der Waals surface area contributed by atoms with Crippen LogP contribution in [0.15, 0.2) is 0 Å². The summed E-state index contributed by atoms with van der Waals surface area (Å²) in [7, 11) is 0. The molecule has 6 nitrogen and oxygen atoms in total. The molecule has 1 N–H and O–H groups in total. The van der Waals surface area contributed by atoms with Gasteiger partial charge in [-0.05, 0) is 0 Å². The van der Waals surface area contributed by atoms with E-state index in [0.717, 1.165) is 0 Å². The van der Waals surface area contributed by atoms with Crippen LogP contribution in [0.25, 0.3) is 0 Å². The molecule has 2 saturated heterocycles. The Kier molecular flexibility index (Phi) is 1.04. The number of fused-ring (bicyclic) bond motifs is 1. The Balaban J connectivity index is 2.37. The molecule has 0 unspecified atom stereocenters. The van der Waals surface area contributed by atoms with Crippen molar-refractivity contribution in [1.82, 2.24) is 4.90 Å². The smallest absolute Gasteiger partial charge is 0.422 e. The van der Waals surface area contributed by atoms with Crippen molar-refractivity contribution >= 4 is 18.0 Å². The molecule has 0 aromatic rings. The minimum absolute atomic E-state index is 0.0485. The maximum Gasteiger partial charge on any atom is 0.422 e. The summed E-state index contributed by atoms with van der Waals surface area (Å²) in [6.07, 6.45) is -0.759. The summed E-state index contributed by atoms with van der Waals surface area (Å²) in [5.74, 6) is -1.76. The molecule has 12 heavy (non-hydrogen) atoms. The van der Waals surface area contributed by atoms with E-state index in [9.17, 15) is 14.4 Å². The first kappa shape index (κ1) is 7.08. The number of carboxylic acid groups (broad SMARTS) is 1. The number of carbonyl (C=O) groups is 3. The third-order valence-electron chi connectivity index (χ3n) is 2.06. The van der Waals surface area contributed by atoms with Crippen molar-refractivity contribution in [2.24, 2.45) is 0 Å². The number of carbonyl (C=O) groups excluding carboxylic acids is 2. The molecule has 0 bridgehead atoms. The molecule has 2 heterocycles. The van der Waals surface area contributed by atoms with Crippen LogP contribution in [0.2, 0.25) is 0 Å². The highest BCUT2D eigenvalue weighted by atomic mass is 16.7. The van der Waals surface area contributed by atoms with E-state index >= 15 is 0 Å². The largest absolute Gasteiger partial charge is 0.477 e. The zero-order valence-corrected chi connectivity index (χ0v) is 5.94. The van der Waals surface area contributed by atoms with Crippen LogP contribution < -0.4 is 0 Å². The predicted octanol–water partition coefficient (Wildman–Crippen LogP) is -0.460. The first-order valence-electron chi connectivity index (χ1n) is 3.37. The highest BCUT2D eigenvalue weighted by Gasteiger charge is 2.66. The number of rotatable bonds is 1. The van der Waals surface area contributed by atoms with E-state index in [1.165, 1.54) is 0 Å². The van der Waals surface area contributed by atoms with Gasteiger partial charge >= 0.3 is 12.1 Å². The summed E-state index contributed by atoms with van der Waals surface area (Å²) in [5.41, 5.74) is -1.67. The van der Waals surface area contributed by atoms with Gasteiger partial charge in [-0.25, -0.2) is 9.59 Å². The van der Waals surface area contributed by atoms with Crippen LogP contribution in [0.4, 0.5) is 4.79 Å². The molecular weight excluding hydrogens is 166 g/mol. The standard InChI is InChI=1S/C6H5NO5/c8-3-1-2-6(4(9)10)7(3)5(11)12-6/h1-2H2,(H,9,10)/t6-/m1/s1. The number of aliphatic carboxylic acids is 1. The van der Waals surface area contributed by atoms with Gasteiger partial charge in [0.2, 0.25) is 5.91 Å². The van der Waals surface area contributed by atoms with Crippen LogP contribution in [-0.4, -0.2) is 33.7 Å². The lowest BCUT2D eigenvalue weighted by Crippen LogP contribution is -2.67. The fourth-order valence-corrected chi connectivity index (χ4v) is 1.44. The molecule has 64 valence electrons. The van der Waals surface area contributed by atoms with Crippen LogP contribution in [0.5, 0.6) is 0 Å². The number of hydrogen-bond donors (Lipinski definition) is 1. The van der Waals surface area contributed by atoms with E-state index in [1.807, 2.05) is 0 Å². The highest BCUT2D eigenvalue weighted by molar-refractivity contribution is 6.05. The molecule has 0 saturated carbocycles. The molecule has 2 amide bonds. The summed E-state index contributed by atoms with van der Waals surface area (Å²) in [5, 5.41) is 8.66. The van der Waals surface area contributed by atoms with Gasteiger partial charge in [0.15, 0.2) is 0 Å². The van der Waals surface area contributed by atoms with E-state index in [-0.39, 0.29) is 12.8 Å². The second kappa shape index (κ2) is 1.77. The first-order valence-corrected chi connectivity index (χ1v) is 3.37. The quantitative estimate of drug-likeness (QED) is 0.577. The Morgan fingerprint density at radius 3 is 2.67 bits per heavy atom. The van der Waals surface area contributed by atoms with Crippen molar-refractivity contribution in [3.8, 4) is 0 Å². The predicted molar refractivity (Wildman–Crippen MR) is 32.9 cm³/mol. The third kappa shape index (κ3) is 0.534. The average molecular weight is 171 g/mol. The molecular formula is C6H5NO5. The number of hydrogen-bond acceptors (Lipinski definition) is 4. The lowest BCUT2D eigenvalue weighted by Gasteiger charge is -2.40. The maximum atomic E-state index is 10.9. The molecule has 1 atom stereocenters. The second-order valence-electron chi connectivity index (χ2n) is 2.69. The zero-order chi connectivity index (χ0) is 8.93. The van der Waals surface area contributed by atoms with Gasteiger partial charge in [-0.15, -0.1) is 0 Å². The number of imide groups is 1. The van der Waals surface area contributed by atoms with Gasteiger partial charge in [-0.1, -0.05) is 0 Å². The average Bonchev–Trinajstić information content (AvgIpc) is 2.21. The molecule has 0 spiro atoms. The van der Waals surface area contributed by atoms with Gasteiger partial charge in [-0.2, -0.15) is 4.90 Å². The Morgan fingerprint density at radius 2 is 2.25 bits per heavy atom. The highest BCUT2D eigenvalue weighted by Crippen LogP contribution is 2.40. The SMILES string of the molecule is O=C1CC[C@]2(C(=O)O)OC(=O)N12. The molecule has 0 radical (unpaired) electrons. The summed E-state index contributed by atoms with van der Waals surface area (Å²) in [6, 6.07) is 0. The van der Waals surface area contributed by atoms with E-state index < -0.39 is 23.7 Å². The van der Waals surface area contributed by atoms with Gasteiger partial charge in [0.1, 0.15) is 0 Å². The topological polar surface area (TPSA) is 83.9 Å². The Morgan fingerprint density at radius 1 is 1.58 bits per heavy atom. The maximum absolute atomic E-state index is 10.9. The van der Waals surface area contributed by atoms with E-state index in [2.05, 4.69) is 4.74 Å². The van der Waals surface area contributed by atoms with Crippen LogP contribution in [0.3, 0.4) is 0 Å².